The van der Waals surface area contributed by atoms with Crippen LogP contribution in [0, 0.1) is 5.92 Å². The second-order valence-corrected chi connectivity index (χ2v) is 8.13. The van der Waals surface area contributed by atoms with Crippen molar-refractivity contribution in [2.45, 2.75) is 23.8 Å². The molecule has 0 bridgehead atoms. The Morgan fingerprint density at radius 2 is 1.96 bits per heavy atom. The number of hydrogen-bond acceptors (Lipinski definition) is 5. The summed E-state index contributed by atoms with van der Waals surface area (Å²) in [6, 6.07) is 6.31. The van der Waals surface area contributed by atoms with Gasteiger partial charge in [0.25, 0.3) is 0 Å². The largest absolute Gasteiger partial charge is 0.486 e. The van der Waals surface area contributed by atoms with Gasteiger partial charge < -0.3 is 14.4 Å². The highest BCUT2D eigenvalue weighted by atomic mass is 32.2. The summed E-state index contributed by atoms with van der Waals surface area (Å²) in [5, 5.41) is 0. The minimum Gasteiger partial charge on any atom is -0.486 e. The van der Waals surface area contributed by atoms with Gasteiger partial charge in [0.2, 0.25) is 5.91 Å². The van der Waals surface area contributed by atoms with Gasteiger partial charge in [-0.1, -0.05) is 0 Å². The minimum absolute atomic E-state index is 0.183. The normalized spacial score (nSPS) is 22.5. The fourth-order valence-electron chi connectivity index (χ4n) is 2.60. The number of carbonyl (C=O) groups is 1. The zero-order valence-corrected chi connectivity index (χ0v) is 13.9. The van der Waals surface area contributed by atoms with E-state index in [2.05, 4.69) is 0 Å². The van der Waals surface area contributed by atoms with Gasteiger partial charge in [0.15, 0.2) is 9.84 Å². The van der Waals surface area contributed by atoms with E-state index in [1.165, 1.54) is 18.4 Å². The predicted molar refractivity (Wildman–Crippen MR) is 84.1 cm³/mol. The molecule has 1 aromatic carbocycles. The standard InChI is InChI=1S/C16H21NO5S/c1-23(19,20)15-6-4-13(5-7-15)22-14-10-17(8-9-21-11-14)16(18)12-2-3-12/h4-7,12,14H,2-3,8-11H2,1H3. The van der Waals surface area contributed by atoms with Crippen molar-refractivity contribution in [3.63, 3.8) is 0 Å². The van der Waals surface area contributed by atoms with Gasteiger partial charge in [-0.3, -0.25) is 4.79 Å². The van der Waals surface area contributed by atoms with Crippen molar-refractivity contribution in [2.24, 2.45) is 5.92 Å². The molecule has 3 rings (SSSR count). The van der Waals surface area contributed by atoms with Crippen LogP contribution in [0.3, 0.4) is 0 Å². The lowest BCUT2D eigenvalue weighted by Crippen LogP contribution is -2.40. The lowest BCUT2D eigenvalue weighted by Gasteiger charge is -2.24. The molecule has 1 aliphatic carbocycles. The molecule has 126 valence electrons. The van der Waals surface area contributed by atoms with Gasteiger partial charge in [-0.2, -0.15) is 0 Å². The van der Waals surface area contributed by atoms with E-state index in [1.807, 2.05) is 4.90 Å². The number of carbonyl (C=O) groups excluding carboxylic acids is 1. The van der Waals surface area contributed by atoms with E-state index in [9.17, 15) is 13.2 Å². The summed E-state index contributed by atoms with van der Waals surface area (Å²) in [7, 11) is -3.21. The second kappa shape index (κ2) is 6.49. The molecule has 1 atom stereocenters. The van der Waals surface area contributed by atoms with Gasteiger partial charge >= 0.3 is 0 Å². The first-order valence-corrected chi connectivity index (χ1v) is 9.66. The molecule has 1 saturated heterocycles. The fourth-order valence-corrected chi connectivity index (χ4v) is 3.23. The molecule has 23 heavy (non-hydrogen) atoms. The van der Waals surface area contributed by atoms with Crippen molar-refractivity contribution in [3.8, 4) is 5.75 Å². The Hall–Kier alpha value is -1.60. The molecule has 0 radical (unpaired) electrons. The highest BCUT2D eigenvalue weighted by Crippen LogP contribution is 2.31. The van der Waals surface area contributed by atoms with Gasteiger partial charge in [0, 0.05) is 18.7 Å². The van der Waals surface area contributed by atoms with E-state index in [0.29, 0.717) is 32.1 Å². The highest BCUT2D eigenvalue weighted by molar-refractivity contribution is 7.90. The number of ether oxygens (including phenoxy) is 2. The summed E-state index contributed by atoms with van der Waals surface area (Å²) in [5.41, 5.74) is 0. The Labute approximate surface area is 136 Å². The summed E-state index contributed by atoms with van der Waals surface area (Å²) in [6.07, 6.45) is 2.89. The van der Waals surface area contributed by atoms with Crippen LogP contribution in [-0.2, 0) is 19.4 Å². The van der Waals surface area contributed by atoms with Crippen LogP contribution < -0.4 is 4.74 Å². The lowest BCUT2D eigenvalue weighted by atomic mass is 10.3. The summed E-state index contributed by atoms with van der Waals surface area (Å²) in [6.45, 7) is 2.04. The molecule has 0 aromatic heterocycles. The van der Waals surface area contributed by atoms with Crippen LogP contribution in [0.2, 0.25) is 0 Å². The first-order valence-electron chi connectivity index (χ1n) is 7.77. The fraction of sp³-hybridized carbons (Fsp3) is 0.562. The average molecular weight is 339 g/mol. The van der Waals surface area contributed by atoms with Crippen molar-refractivity contribution in [1.82, 2.24) is 4.90 Å². The Morgan fingerprint density at radius 1 is 1.26 bits per heavy atom. The number of nitrogens with zero attached hydrogens (tertiary/aromatic N) is 1. The summed E-state index contributed by atoms with van der Waals surface area (Å²) >= 11 is 0. The van der Waals surface area contributed by atoms with Crippen molar-refractivity contribution in [3.05, 3.63) is 24.3 Å². The zero-order valence-electron chi connectivity index (χ0n) is 13.1. The molecular weight excluding hydrogens is 318 g/mol. The smallest absolute Gasteiger partial charge is 0.225 e. The Kier molecular flexibility index (Phi) is 4.59. The molecule has 1 unspecified atom stereocenters. The molecule has 2 fully saturated rings. The average Bonchev–Trinajstić information content (AvgIpc) is 3.34. The maximum atomic E-state index is 12.2. The lowest BCUT2D eigenvalue weighted by molar-refractivity contribution is -0.133. The van der Waals surface area contributed by atoms with E-state index < -0.39 is 9.84 Å². The zero-order chi connectivity index (χ0) is 16.4. The van der Waals surface area contributed by atoms with Crippen LogP contribution in [-0.4, -0.2) is 57.9 Å². The quantitative estimate of drug-likeness (QED) is 0.821. The van der Waals surface area contributed by atoms with Crippen LogP contribution in [0.1, 0.15) is 12.8 Å². The number of amides is 1. The molecule has 1 aliphatic heterocycles. The van der Waals surface area contributed by atoms with E-state index in [0.717, 1.165) is 12.8 Å². The maximum absolute atomic E-state index is 12.2. The van der Waals surface area contributed by atoms with Crippen LogP contribution >= 0.6 is 0 Å². The molecule has 1 amide bonds. The van der Waals surface area contributed by atoms with Crippen LogP contribution in [0.4, 0.5) is 0 Å². The Morgan fingerprint density at radius 3 is 2.57 bits per heavy atom. The molecule has 7 heteroatoms. The predicted octanol–water partition coefficient (Wildman–Crippen LogP) is 1.11. The minimum atomic E-state index is -3.21. The molecule has 1 aromatic rings. The topological polar surface area (TPSA) is 72.9 Å². The third-order valence-corrected chi connectivity index (χ3v) is 5.15. The SMILES string of the molecule is CS(=O)(=O)c1ccc(OC2COCCN(C(=O)C3CC3)C2)cc1. The molecule has 2 aliphatic rings. The van der Waals surface area contributed by atoms with Gasteiger partial charge in [-0.05, 0) is 37.1 Å². The third kappa shape index (κ3) is 4.23. The molecule has 6 nitrogen and oxygen atoms in total. The van der Waals surface area contributed by atoms with Gasteiger partial charge in [-0.25, -0.2) is 8.42 Å². The maximum Gasteiger partial charge on any atom is 0.225 e. The summed E-state index contributed by atoms with van der Waals surface area (Å²) in [5.74, 6) is 0.950. The number of benzene rings is 1. The van der Waals surface area contributed by atoms with Gasteiger partial charge in [-0.15, -0.1) is 0 Å². The summed E-state index contributed by atoms with van der Waals surface area (Å²) in [4.78, 5) is 14.3. The number of hydrogen-bond donors (Lipinski definition) is 0. The molecule has 1 heterocycles. The summed E-state index contributed by atoms with van der Waals surface area (Å²) < 4.78 is 34.3. The van der Waals surface area contributed by atoms with E-state index in [4.69, 9.17) is 9.47 Å². The second-order valence-electron chi connectivity index (χ2n) is 6.12. The van der Waals surface area contributed by atoms with E-state index >= 15 is 0 Å². The Bertz CT molecular complexity index is 666. The van der Waals surface area contributed by atoms with E-state index in [1.54, 1.807) is 12.1 Å². The number of rotatable bonds is 4. The van der Waals surface area contributed by atoms with Crippen molar-refractivity contribution in [1.29, 1.82) is 0 Å². The van der Waals surface area contributed by atoms with Crippen molar-refractivity contribution in [2.75, 3.05) is 32.6 Å². The molecular formula is C16H21NO5S. The van der Waals surface area contributed by atoms with Gasteiger partial charge in [0.1, 0.15) is 11.9 Å². The first-order chi connectivity index (χ1) is 10.9. The molecule has 0 N–H and O–H groups in total. The highest BCUT2D eigenvalue weighted by Gasteiger charge is 2.35. The monoisotopic (exact) mass is 339 g/mol. The third-order valence-electron chi connectivity index (χ3n) is 4.03. The first kappa shape index (κ1) is 16.3. The number of sulfone groups is 1. The van der Waals surface area contributed by atoms with Crippen LogP contribution in [0.5, 0.6) is 5.75 Å². The van der Waals surface area contributed by atoms with Crippen LogP contribution in [0.25, 0.3) is 0 Å². The Balaban J connectivity index is 1.64. The van der Waals surface area contributed by atoms with Gasteiger partial charge in [0.05, 0.1) is 24.7 Å². The molecule has 1 saturated carbocycles. The van der Waals surface area contributed by atoms with E-state index in [-0.39, 0.29) is 22.8 Å². The van der Waals surface area contributed by atoms with Crippen molar-refractivity contribution >= 4 is 15.7 Å². The molecule has 0 spiro atoms. The van der Waals surface area contributed by atoms with Crippen molar-refractivity contribution < 1.29 is 22.7 Å². The van der Waals surface area contributed by atoms with Crippen LogP contribution in [0.15, 0.2) is 29.2 Å².